The molecule has 0 N–H and O–H groups in total. The van der Waals surface area contributed by atoms with Crippen molar-refractivity contribution >= 4 is 23.4 Å². The van der Waals surface area contributed by atoms with E-state index in [9.17, 15) is 9.59 Å². The van der Waals surface area contributed by atoms with Crippen molar-refractivity contribution in [3.63, 3.8) is 0 Å². The summed E-state index contributed by atoms with van der Waals surface area (Å²) in [6.45, 7) is 4.39. The van der Waals surface area contributed by atoms with Crippen LogP contribution in [0.5, 0.6) is 0 Å². The van der Waals surface area contributed by atoms with Gasteiger partial charge in [-0.3, -0.25) is 9.59 Å². The molecule has 1 atom stereocenters. The number of hydrogen-bond acceptors (Lipinski definition) is 6. The molecule has 0 aliphatic heterocycles. The van der Waals surface area contributed by atoms with Crippen LogP contribution in [0.2, 0.25) is 0 Å². The lowest BCUT2D eigenvalue weighted by Crippen LogP contribution is -2.37. The number of carbonyl (C=O) groups is 2. The monoisotopic (exact) mass is 347 g/mol. The topological polar surface area (TPSA) is 72.4 Å². The van der Waals surface area contributed by atoms with Gasteiger partial charge in [-0.15, -0.1) is 5.10 Å². The third-order valence-corrected chi connectivity index (χ3v) is 4.44. The van der Waals surface area contributed by atoms with E-state index in [0.717, 1.165) is 17.1 Å². The van der Waals surface area contributed by atoms with Gasteiger partial charge in [0.1, 0.15) is 4.88 Å². The van der Waals surface area contributed by atoms with Crippen molar-refractivity contribution in [3.05, 3.63) is 46.5 Å². The van der Waals surface area contributed by atoms with Crippen LogP contribution in [-0.4, -0.2) is 40.0 Å². The van der Waals surface area contributed by atoms with E-state index in [1.165, 1.54) is 7.11 Å². The van der Waals surface area contributed by atoms with Crippen LogP contribution in [0.3, 0.4) is 0 Å². The van der Waals surface area contributed by atoms with Gasteiger partial charge in [0.2, 0.25) is 0 Å². The summed E-state index contributed by atoms with van der Waals surface area (Å²) in [6, 6.07) is 9.68. The molecule has 1 aromatic carbocycles. The lowest BCUT2D eigenvalue weighted by Gasteiger charge is -2.25. The minimum absolute atomic E-state index is 0.151. The van der Waals surface area contributed by atoms with Crippen LogP contribution in [0.15, 0.2) is 30.3 Å². The first-order chi connectivity index (χ1) is 11.6. The number of ether oxygens (including phenoxy) is 1. The van der Waals surface area contributed by atoms with Crippen molar-refractivity contribution in [1.82, 2.24) is 14.5 Å². The number of esters is 1. The highest BCUT2D eigenvalue weighted by Crippen LogP contribution is 2.18. The van der Waals surface area contributed by atoms with Crippen molar-refractivity contribution in [2.75, 3.05) is 13.7 Å². The summed E-state index contributed by atoms with van der Waals surface area (Å²) in [5, 5.41) is 4.01. The summed E-state index contributed by atoms with van der Waals surface area (Å²) in [4.78, 5) is 26.9. The molecule has 1 amide bonds. The van der Waals surface area contributed by atoms with E-state index < -0.39 is 5.92 Å². The SMILES string of the molecule is CCc1nnsc1C(=O)N(Cc1ccccc1)CC(C)C(=O)OC. The molecule has 0 saturated carbocycles. The second kappa shape index (κ2) is 8.54. The lowest BCUT2D eigenvalue weighted by atomic mass is 10.1. The Morgan fingerprint density at radius 3 is 2.62 bits per heavy atom. The fourth-order valence-corrected chi connectivity index (χ4v) is 3.09. The number of hydrogen-bond donors (Lipinski definition) is 0. The van der Waals surface area contributed by atoms with Gasteiger partial charge < -0.3 is 9.64 Å². The van der Waals surface area contributed by atoms with Gasteiger partial charge in [-0.25, -0.2) is 0 Å². The number of nitrogens with zero attached hydrogens (tertiary/aromatic N) is 3. The molecule has 0 aliphatic carbocycles. The Kier molecular flexibility index (Phi) is 6.43. The Balaban J connectivity index is 2.24. The highest BCUT2D eigenvalue weighted by molar-refractivity contribution is 7.08. The minimum Gasteiger partial charge on any atom is -0.469 e. The second-order valence-electron chi connectivity index (χ2n) is 5.50. The Morgan fingerprint density at radius 1 is 1.29 bits per heavy atom. The number of amides is 1. The predicted molar refractivity (Wildman–Crippen MR) is 91.6 cm³/mol. The van der Waals surface area contributed by atoms with Crippen LogP contribution < -0.4 is 0 Å². The van der Waals surface area contributed by atoms with Crippen molar-refractivity contribution in [1.29, 1.82) is 0 Å². The fraction of sp³-hybridized carbons (Fsp3) is 0.412. The van der Waals surface area contributed by atoms with E-state index in [0.29, 0.717) is 23.5 Å². The molecule has 0 fully saturated rings. The summed E-state index contributed by atoms with van der Waals surface area (Å²) < 4.78 is 8.67. The summed E-state index contributed by atoms with van der Waals surface area (Å²) in [7, 11) is 1.35. The van der Waals surface area contributed by atoms with Gasteiger partial charge >= 0.3 is 5.97 Å². The average molecular weight is 347 g/mol. The molecule has 0 saturated heterocycles. The normalized spacial score (nSPS) is 11.8. The van der Waals surface area contributed by atoms with E-state index in [2.05, 4.69) is 9.59 Å². The molecule has 0 radical (unpaired) electrons. The molecule has 0 spiro atoms. The fourth-order valence-electron chi connectivity index (χ4n) is 2.38. The molecule has 1 aromatic heterocycles. The van der Waals surface area contributed by atoms with Crippen LogP contribution >= 0.6 is 11.5 Å². The molecule has 1 unspecified atom stereocenters. The van der Waals surface area contributed by atoms with Crippen LogP contribution in [0.4, 0.5) is 0 Å². The third kappa shape index (κ3) is 4.38. The zero-order valence-corrected chi connectivity index (χ0v) is 14.9. The summed E-state index contributed by atoms with van der Waals surface area (Å²) in [5.41, 5.74) is 1.69. The van der Waals surface area contributed by atoms with Gasteiger partial charge in [0.15, 0.2) is 0 Å². The lowest BCUT2D eigenvalue weighted by molar-refractivity contribution is -0.145. The molecular weight excluding hydrogens is 326 g/mol. The maximum Gasteiger partial charge on any atom is 0.310 e. The van der Waals surface area contributed by atoms with E-state index >= 15 is 0 Å². The molecule has 1 heterocycles. The van der Waals surface area contributed by atoms with Crippen molar-refractivity contribution in [3.8, 4) is 0 Å². The first kappa shape index (κ1) is 18.1. The number of benzene rings is 1. The Bertz CT molecular complexity index is 687. The molecule has 2 rings (SSSR count). The molecule has 7 heteroatoms. The van der Waals surface area contributed by atoms with Gasteiger partial charge in [-0.2, -0.15) is 0 Å². The van der Waals surface area contributed by atoms with Gasteiger partial charge in [0, 0.05) is 13.1 Å². The maximum atomic E-state index is 12.9. The molecule has 24 heavy (non-hydrogen) atoms. The highest BCUT2D eigenvalue weighted by Gasteiger charge is 2.26. The van der Waals surface area contributed by atoms with Crippen molar-refractivity contribution in [2.24, 2.45) is 5.92 Å². The maximum absolute atomic E-state index is 12.9. The summed E-state index contributed by atoms with van der Waals surface area (Å²) >= 11 is 1.09. The smallest absolute Gasteiger partial charge is 0.310 e. The second-order valence-corrected chi connectivity index (χ2v) is 6.25. The number of aryl methyl sites for hydroxylation is 1. The van der Waals surface area contributed by atoms with Crippen molar-refractivity contribution in [2.45, 2.75) is 26.8 Å². The van der Waals surface area contributed by atoms with E-state index in [1.54, 1.807) is 11.8 Å². The van der Waals surface area contributed by atoms with Crippen LogP contribution in [0.1, 0.15) is 34.8 Å². The van der Waals surface area contributed by atoms with Gasteiger partial charge in [0.05, 0.1) is 18.7 Å². The molecule has 128 valence electrons. The van der Waals surface area contributed by atoms with Crippen molar-refractivity contribution < 1.29 is 14.3 Å². The Labute approximate surface area is 145 Å². The number of aromatic nitrogens is 2. The molecule has 2 aromatic rings. The standard InChI is InChI=1S/C17H21N3O3S/c1-4-14-15(24-19-18-14)16(21)20(10-12(2)17(22)23-3)11-13-8-6-5-7-9-13/h5-9,12H,4,10-11H2,1-3H3. The third-order valence-electron chi connectivity index (χ3n) is 3.69. The molecule has 6 nitrogen and oxygen atoms in total. The molecule has 0 bridgehead atoms. The zero-order chi connectivity index (χ0) is 17.5. The molecular formula is C17H21N3O3S. The Hall–Kier alpha value is -2.28. The summed E-state index contributed by atoms with van der Waals surface area (Å²) in [6.07, 6.45) is 0.642. The van der Waals surface area contributed by atoms with E-state index in [1.807, 2.05) is 37.3 Å². The number of rotatable bonds is 7. The highest BCUT2D eigenvalue weighted by atomic mass is 32.1. The Morgan fingerprint density at radius 2 is 2.00 bits per heavy atom. The molecule has 0 aliphatic rings. The first-order valence-electron chi connectivity index (χ1n) is 7.79. The van der Waals surface area contributed by atoms with Crippen LogP contribution in [-0.2, 0) is 22.5 Å². The van der Waals surface area contributed by atoms with Gasteiger partial charge in [0.25, 0.3) is 5.91 Å². The average Bonchev–Trinajstić information content (AvgIpc) is 3.09. The predicted octanol–water partition coefficient (Wildman–Crippen LogP) is 2.55. The van der Waals surface area contributed by atoms with Crippen LogP contribution in [0, 0.1) is 5.92 Å². The largest absolute Gasteiger partial charge is 0.469 e. The van der Waals surface area contributed by atoms with Crippen LogP contribution in [0.25, 0.3) is 0 Å². The zero-order valence-electron chi connectivity index (χ0n) is 14.1. The van der Waals surface area contributed by atoms with Gasteiger partial charge in [-0.05, 0) is 23.5 Å². The summed E-state index contributed by atoms with van der Waals surface area (Å²) in [5.74, 6) is -0.894. The number of carbonyl (C=O) groups excluding carboxylic acids is 2. The van der Waals surface area contributed by atoms with E-state index in [-0.39, 0.29) is 18.4 Å². The first-order valence-corrected chi connectivity index (χ1v) is 8.56. The number of methoxy groups -OCH3 is 1. The van der Waals surface area contributed by atoms with Gasteiger partial charge in [-0.1, -0.05) is 48.7 Å². The van der Waals surface area contributed by atoms with E-state index in [4.69, 9.17) is 4.74 Å². The minimum atomic E-state index is -0.409. The quantitative estimate of drug-likeness (QED) is 0.720.